The lowest BCUT2D eigenvalue weighted by Crippen LogP contribution is -2.02. The quantitative estimate of drug-likeness (QED) is 0.542. The molecule has 0 heterocycles. The number of nitrogens with one attached hydrogen (secondary N) is 2. The first-order valence-electron chi connectivity index (χ1n) is 9.08. The van der Waals surface area contributed by atoms with Gasteiger partial charge in [-0.05, 0) is 12.1 Å². The highest BCUT2D eigenvalue weighted by Crippen LogP contribution is 2.28. The average Bonchev–Trinajstić information content (AvgIpc) is 2.69. The smallest absolute Gasteiger partial charge is 0.113 e. The lowest BCUT2D eigenvalue weighted by Gasteiger charge is -2.11. The monoisotopic (exact) mass is 338 g/mol. The van der Waals surface area contributed by atoms with Crippen LogP contribution in [0.4, 0.5) is 11.4 Å². The molecule has 0 fully saturated rings. The molecule has 0 aliphatic heterocycles. The van der Waals surface area contributed by atoms with Gasteiger partial charge in [-0.25, -0.2) is 0 Å². The maximum atomic E-state index is 8.89. The first-order chi connectivity index (χ1) is 11.9. The zero-order valence-corrected chi connectivity index (χ0v) is 16.8. The fourth-order valence-corrected chi connectivity index (χ4v) is 1.79. The Morgan fingerprint density at radius 3 is 1.12 bits per heavy atom. The van der Waals surface area contributed by atoms with Crippen molar-refractivity contribution < 1.29 is 10.2 Å². The Balaban J connectivity index is -0.000000484. The largest absolute Gasteiger partial charge is 0.377 e. The molecule has 0 bridgehead atoms. The summed E-state index contributed by atoms with van der Waals surface area (Å²) < 4.78 is 0. The minimum Gasteiger partial charge on any atom is -0.377 e. The Hall–Kier alpha value is -1.78. The lowest BCUT2D eigenvalue weighted by molar-refractivity contribution is 0.325. The summed E-state index contributed by atoms with van der Waals surface area (Å²) in [4.78, 5) is 0. The van der Waals surface area contributed by atoms with E-state index in [2.05, 4.69) is 10.6 Å². The van der Waals surface area contributed by atoms with Crippen LogP contribution in [0.5, 0.6) is 0 Å². The number of aliphatic hydroxyl groups is 2. The minimum atomic E-state index is -0.100. The maximum Gasteiger partial charge on any atom is 0.113 e. The Kier molecular flexibility index (Phi) is 23.9. The Labute approximate surface area is 148 Å². The van der Waals surface area contributed by atoms with Crippen molar-refractivity contribution in [3.05, 3.63) is 36.4 Å². The van der Waals surface area contributed by atoms with Gasteiger partial charge in [0.25, 0.3) is 0 Å². The van der Waals surface area contributed by atoms with E-state index in [0.29, 0.717) is 0 Å². The van der Waals surface area contributed by atoms with Gasteiger partial charge in [0.2, 0.25) is 0 Å². The van der Waals surface area contributed by atoms with Gasteiger partial charge >= 0.3 is 0 Å². The highest BCUT2D eigenvalue weighted by Gasteiger charge is 2.03. The second-order valence-corrected chi connectivity index (χ2v) is 3.38. The molecule has 2 aromatic rings. The summed E-state index contributed by atoms with van der Waals surface area (Å²) in [6, 6.07) is 11.6. The van der Waals surface area contributed by atoms with Crippen molar-refractivity contribution in [2.75, 3.05) is 24.1 Å². The normalized spacial score (nSPS) is 7.92. The van der Waals surface area contributed by atoms with Gasteiger partial charge in [-0.15, -0.1) is 0 Å². The van der Waals surface area contributed by atoms with E-state index in [-0.39, 0.29) is 13.5 Å². The van der Waals surface area contributed by atoms with E-state index in [9.17, 15) is 0 Å². The van der Waals surface area contributed by atoms with Crippen molar-refractivity contribution in [3.63, 3.8) is 0 Å². The summed E-state index contributed by atoms with van der Waals surface area (Å²) in [5.41, 5.74) is 1.75. The number of fused-ring (bicyclic) bond motifs is 1. The molecule has 2 aromatic carbocycles. The summed E-state index contributed by atoms with van der Waals surface area (Å²) in [5, 5.41) is 25.6. The molecular formula is C20H38N2O2. The molecule has 4 nitrogen and oxygen atoms in total. The Morgan fingerprint density at radius 1 is 0.583 bits per heavy atom. The van der Waals surface area contributed by atoms with Crippen LogP contribution in [0.2, 0.25) is 0 Å². The summed E-state index contributed by atoms with van der Waals surface area (Å²) in [5.74, 6) is 0. The number of hydrogen-bond donors (Lipinski definition) is 4. The molecule has 0 aliphatic carbocycles. The number of aliphatic hydroxyl groups excluding tert-OH is 2. The first kappa shape index (κ1) is 27.1. The molecule has 4 N–H and O–H groups in total. The van der Waals surface area contributed by atoms with Crippen molar-refractivity contribution in [3.8, 4) is 0 Å². The SMILES string of the molecule is CC.CC.CC.CC.OCNc1cccc2c(NCO)cccc12. The van der Waals surface area contributed by atoms with Gasteiger partial charge in [0.15, 0.2) is 0 Å². The van der Waals surface area contributed by atoms with E-state index in [1.807, 2.05) is 91.8 Å². The van der Waals surface area contributed by atoms with Crippen LogP contribution in [0.15, 0.2) is 36.4 Å². The van der Waals surface area contributed by atoms with Crippen LogP contribution in [-0.2, 0) is 0 Å². The molecule has 0 aromatic heterocycles. The minimum absolute atomic E-state index is 0.100. The molecular weight excluding hydrogens is 300 g/mol. The standard InChI is InChI=1S/C12H14N2O2.4C2H6/c15-7-13-11-5-1-3-9-10(11)4-2-6-12(9)14-8-16;4*1-2/h1-6,13-16H,7-8H2;4*1-2H3. The van der Waals surface area contributed by atoms with Gasteiger partial charge < -0.3 is 20.8 Å². The van der Waals surface area contributed by atoms with E-state index in [0.717, 1.165) is 22.1 Å². The number of rotatable bonds is 4. The summed E-state index contributed by atoms with van der Waals surface area (Å²) in [6.45, 7) is 15.8. The van der Waals surface area contributed by atoms with E-state index in [1.165, 1.54) is 0 Å². The van der Waals surface area contributed by atoms with Crippen LogP contribution in [0, 0.1) is 0 Å². The predicted molar refractivity (Wildman–Crippen MR) is 111 cm³/mol. The second-order valence-electron chi connectivity index (χ2n) is 3.38. The zero-order chi connectivity index (χ0) is 19.4. The molecule has 0 saturated heterocycles. The van der Waals surface area contributed by atoms with Crippen LogP contribution >= 0.6 is 0 Å². The molecule has 0 saturated carbocycles. The van der Waals surface area contributed by atoms with Gasteiger partial charge in [-0.2, -0.15) is 0 Å². The lowest BCUT2D eigenvalue weighted by atomic mass is 10.1. The molecule has 24 heavy (non-hydrogen) atoms. The molecule has 0 atom stereocenters. The van der Waals surface area contributed by atoms with Crippen LogP contribution < -0.4 is 10.6 Å². The van der Waals surface area contributed by atoms with Gasteiger partial charge in [0.1, 0.15) is 13.5 Å². The molecule has 0 radical (unpaired) electrons. The summed E-state index contributed by atoms with van der Waals surface area (Å²) in [6.07, 6.45) is 0. The predicted octanol–water partition coefficient (Wildman–Crippen LogP) is 5.67. The van der Waals surface area contributed by atoms with Gasteiger partial charge in [-0.1, -0.05) is 79.7 Å². The number of benzene rings is 2. The van der Waals surface area contributed by atoms with Crippen molar-refractivity contribution in [2.24, 2.45) is 0 Å². The molecule has 0 amide bonds. The topological polar surface area (TPSA) is 64.5 Å². The fourth-order valence-electron chi connectivity index (χ4n) is 1.79. The van der Waals surface area contributed by atoms with E-state index in [1.54, 1.807) is 0 Å². The van der Waals surface area contributed by atoms with Crippen LogP contribution in [-0.4, -0.2) is 23.7 Å². The number of anilines is 2. The van der Waals surface area contributed by atoms with E-state index in [4.69, 9.17) is 10.2 Å². The second kappa shape index (κ2) is 21.2. The van der Waals surface area contributed by atoms with Crippen molar-refractivity contribution in [1.82, 2.24) is 0 Å². The molecule has 0 unspecified atom stereocenters. The molecule has 0 spiro atoms. The maximum absolute atomic E-state index is 8.89. The highest BCUT2D eigenvalue weighted by molar-refractivity contribution is 6.01. The first-order valence-corrected chi connectivity index (χ1v) is 9.08. The third kappa shape index (κ3) is 9.38. The van der Waals surface area contributed by atoms with Gasteiger partial charge in [0, 0.05) is 22.1 Å². The van der Waals surface area contributed by atoms with Gasteiger partial charge in [-0.3, -0.25) is 0 Å². The Bertz CT molecular complexity index is 443. The van der Waals surface area contributed by atoms with Crippen LogP contribution in [0.25, 0.3) is 10.8 Å². The fraction of sp³-hybridized carbons (Fsp3) is 0.500. The van der Waals surface area contributed by atoms with Crippen molar-refractivity contribution >= 4 is 22.1 Å². The molecule has 2 rings (SSSR count). The Morgan fingerprint density at radius 2 is 0.875 bits per heavy atom. The zero-order valence-electron chi connectivity index (χ0n) is 16.8. The van der Waals surface area contributed by atoms with E-state index >= 15 is 0 Å². The molecule has 0 aliphatic rings. The summed E-state index contributed by atoms with van der Waals surface area (Å²) >= 11 is 0. The van der Waals surface area contributed by atoms with E-state index < -0.39 is 0 Å². The molecule has 140 valence electrons. The van der Waals surface area contributed by atoms with Crippen LogP contribution in [0.3, 0.4) is 0 Å². The third-order valence-electron chi connectivity index (χ3n) is 2.46. The highest BCUT2D eigenvalue weighted by atomic mass is 16.3. The third-order valence-corrected chi connectivity index (χ3v) is 2.46. The summed E-state index contributed by atoms with van der Waals surface area (Å²) in [7, 11) is 0. The van der Waals surface area contributed by atoms with Gasteiger partial charge in [0.05, 0.1) is 0 Å². The molecule has 4 heteroatoms. The number of hydrogen-bond acceptors (Lipinski definition) is 4. The average molecular weight is 339 g/mol. The van der Waals surface area contributed by atoms with Crippen molar-refractivity contribution in [1.29, 1.82) is 0 Å². The van der Waals surface area contributed by atoms with Crippen molar-refractivity contribution in [2.45, 2.75) is 55.4 Å². The van der Waals surface area contributed by atoms with Crippen LogP contribution in [0.1, 0.15) is 55.4 Å².